The summed E-state index contributed by atoms with van der Waals surface area (Å²) < 4.78 is 27.7. The topological polar surface area (TPSA) is 67.8 Å². The number of ether oxygens (including phenoxy) is 1. The molecule has 0 saturated heterocycles. The Labute approximate surface area is 215 Å². The number of nitrogens with one attached hydrogen (secondary N) is 1. The highest BCUT2D eigenvalue weighted by Gasteiger charge is 2.41. The van der Waals surface area contributed by atoms with Crippen molar-refractivity contribution in [3.05, 3.63) is 81.5 Å². The molecular weight excluding hydrogens is 471 g/mol. The summed E-state index contributed by atoms with van der Waals surface area (Å²) in [4.78, 5) is 27.2. The highest BCUT2D eigenvalue weighted by molar-refractivity contribution is 6.32. The standard InChI is InChI=1S/C14H14ClNO2.C13H16ClNO/c1-18-13-8-4-5-9-14(13,16-10-17)11-6-2-3-7-12(11)15;1-15-13(9-5-4-8-12(13)16)10-6-2-3-7-11(10)14/h2-3,6-8H,4-5,9H2,1H3;2-3,6-7,15H,4-5,8-9H2,1H3/t14-;13-/m00/s1/i;1D3. The van der Waals surface area contributed by atoms with Crippen LogP contribution in [0.3, 0.4) is 0 Å². The molecule has 2 aliphatic carbocycles. The molecule has 0 radical (unpaired) electrons. The number of ketones is 1. The van der Waals surface area contributed by atoms with Gasteiger partial charge in [-0.1, -0.05) is 66.0 Å². The van der Waals surface area contributed by atoms with E-state index >= 15 is 0 Å². The summed E-state index contributed by atoms with van der Waals surface area (Å²) in [7, 11) is 1.59. The molecule has 0 unspecified atom stereocenters. The van der Waals surface area contributed by atoms with Gasteiger partial charge in [0.25, 0.3) is 0 Å². The number of isocyanates is 1. The van der Waals surface area contributed by atoms with Crippen molar-refractivity contribution >= 4 is 35.1 Å². The molecule has 0 amide bonds. The molecule has 1 saturated carbocycles. The first-order valence-corrected chi connectivity index (χ1v) is 12.0. The van der Waals surface area contributed by atoms with Crippen LogP contribution in [0.1, 0.15) is 60.2 Å². The summed E-state index contributed by atoms with van der Waals surface area (Å²) in [5, 5.41) is 3.55. The number of Topliss-reactive ketones (excluding diaryl/α,β-unsaturated/α-hetero) is 1. The van der Waals surface area contributed by atoms with Gasteiger partial charge in [-0.2, -0.15) is 4.99 Å². The van der Waals surface area contributed by atoms with Crippen molar-refractivity contribution in [1.29, 1.82) is 0 Å². The highest BCUT2D eigenvalue weighted by Crippen LogP contribution is 2.44. The van der Waals surface area contributed by atoms with Crippen LogP contribution in [0.25, 0.3) is 0 Å². The Bertz CT molecular complexity index is 1200. The molecule has 5 nitrogen and oxygen atoms in total. The summed E-state index contributed by atoms with van der Waals surface area (Å²) in [6, 6.07) is 14.3. The Hall–Kier alpha value is -2.43. The third-order valence-electron chi connectivity index (χ3n) is 6.48. The van der Waals surface area contributed by atoms with Crippen molar-refractivity contribution in [2.45, 2.75) is 56.0 Å². The fourth-order valence-corrected chi connectivity index (χ4v) is 5.36. The molecule has 2 aliphatic rings. The number of rotatable bonds is 5. The van der Waals surface area contributed by atoms with Crippen LogP contribution in [0.4, 0.5) is 0 Å². The first-order chi connectivity index (χ1) is 17.6. The number of methoxy groups -OCH3 is 1. The van der Waals surface area contributed by atoms with E-state index < -0.39 is 18.1 Å². The first kappa shape index (κ1) is 22.1. The summed E-state index contributed by atoms with van der Waals surface area (Å²) in [5.74, 6) is 0.577. The van der Waals surface area contributed by atoms with Gasteiger partial charge in [-0.3, -0.25) is 4.79 Å². The number of hydrogen-bond donors (Lipinski definition) is 1. The quantitative estimate of drug-likeness (QED) is 0.374. The third-order valence-corrected chi connectivity index (χ3v) is 7.14. The molecule has 2 aromatic carbocycles. The van der Waals surface area contributed by atoms with Crippen LogP contribution in [0.5, 0.6) is 0 Å². The Kier molecular flexibility index (Phi) is 7.66. The number of halogens is 2. The van der Waals surface area contributed by atoms with Gasteiger partial charge >= 0.3 is 0 Å². The maximum Gasteiger partial charge on any atom is 0.236 e. The fourth-order valence-electron chi connectivity index (χ4n) is 4.77. The van der Waals surface area contributed by atoms with Crippen molar-refractivity contribution in [2.75, 3.05) is 14.1 Å². The van der Waals surface area contributed by atoms with Crippen molar-refractivity contribution in [1.82, 2.24) is 5.32 Å². The maximum absolute atomic E-state index is 12.4. The number of benzene rings is 2. The minimum absolute atomic E-state index is 0.0945. The van der Waals surface area contributed by atoms with E-state index in [0.717, 1.165) is 31.2 Å². The van der Waals surface area contributed by atoms with Crippen molar-refractivity contribution in [3.63, 3.8) is 0 Å². The van der Waals surface area contributed by atoms with Gasteiger partial charge in [0.15, 0.2) is 11.3 Å². The van der Waals surface area contributed by atoms with Gasteiger partial charge in [-0.25, -0.2) is 4.79 Å². The second-order valence-electron chi connectivity index (χ2n) is 8.35. The lowest BCUT2D eigenvalue weighted by Gasteiger charge is -2.36. The molecular formula is C27H30Cl2N2O3. The molecule has 0 bridgehead atoms. The number of carbonyl (C=O) groups is 1. The maximum atomic E-state index is 12.4. The van der Waals surface area contributed by atoms with E-state index in [1.54, 1.807) is 43.5 Å². The van der Waals surface area contributed by atoms with Crippen molar-refractivity contribution < 1.29 is 18.4 Å². The van der Waals surface area contributed by atoms with Crippen LogP contribution in [-0.2, 0) is 25.4 Å². The van der Waals surface area contributed by atoms with Crippen molar-refractivity contribution in [2.24, 2.45) is 4.99 Å². The van der Waals surface area contributed by atoms with Gasteiger partial charge in [0.05, 0.1) is 7.11 Å². The van der Waals surface area contributed by atoms with Gasteiger partial charge < -0.3 is 10.1 Å². The first-order valence-electron chi connectivity index (χ1n) is 12.8. The number of aliphatic imine (C=N–C) groups is 1. The zero-order chi connectivity index (χ0) is 27.1. The number of hydrogen-bond acceptors (Lipinski definition) is 5. The lowest BCUT2D eigenvalue weighted by atomic mass is 9.75. The van der Waals surface area contributed by atoms with Crippen LogP contribution < -0.4 is 5.32 Å². The molecule has 180 valence electrons. The van der Waals surface area contributed by atoms with E-state index in [2.05, 4.69) is 10.3 Å². The molecule has 7 heteroatoms. The summed E-state index contributed by atoms with van der Waals surface area (Å²) in [6.45, 7) is -2.38. The predicted octanol–water partition coefficient (Wildman–Crippen LogP) is 6.48. The van der Waals surface area contributed by atoms with E-state index in [1.807, 2.05) is 24.3 Å². The van der Waals surface area contributed by atoms with Gasteiger partial charge in [0.1, 0.15) is 11.3 Å². The van der Waals surface area contributed by atoms with Crippen LogP contribution in [0.15, 0.2) is 65.4 Å². The Morgan fingerprint density at radius 1 is 1.03 bits per heavy atom. The van der Waals surface area contributed by atoms with Gasteiger partial charge in [-0.15, -0.1) is 0 Å². The van der Waals surface area contributed by atoms with E-state index in [0.29, 0.717) is 40.6 Å². The lowest BCUT2D eigenvalue weighted by Crippen LogP contribution is -2.49. The molecule has 1 N–H and O–H groups in total. The summed E-state index contributed by atoms with van der Waals surface area (Å²) in [6.07, 6.45) is 8.64. The molecule has 4 rings (SSSR count). The summed E-state index contributed by atoms with van der Waals surface area (Å²) in [5.41, 5.74) is -0.630. The monoisotopic (exact) mass is 503 g/mol. The van der Waals surface area contributed by atoms with Gasteiger partial charge in [-0.05, 0) is 62.9 Å². The number of likely N-dealkylation sites (N-methyl/N-ethyl adjacent to an activating group) is 1. The van der Waals surface area contributed by atoms with Crippen molar-refractivity contribution in [3.8, 4) is 0 Å². The smallest absolute Gasteiger partial charge is 0.236 e. The average Bonchev–Trinajstić information content (AvgIpc) is 2.86. The number of nitrogens with zero attached hydrogens (tertiary/aromatic N) is 1. The molecule has 2 atom stereocenters. The molecule has 1 fully saturated rings. The van der Waals surface area contributed by atoms with E-state index in [4.69, 9.17) is 32.1 Å². The zero-order valence-electron chi connectivity index (χ0n) is 22.1. The number of allylic oxidation sites excluding steroid dienone is 1. The summed E-state index contributed by atoms with van der Waals surface area (Å²) >= 11 is 12.4. The molecule has 2 aromatic rings. The Morgan fingerprint density at radius 2 is 1.71 bits per heavy atom. The molecule has 0 aromatic heterocycles. The van der Waals surface area contributed by atoms with Gasteiger partial charge in [0.2, 0.25) is 6.08 Å². The van der Waals surface area contributed by atoms with E-state index in [1.165, 1.54) is 0 Å². The lowest BCUT2D eigenvalue weighted by molar-refractivity contribution is -0.127. The minimum atomic E-state index is -2.38. The van der Waals surface area contributed by atoms with E-state index in [9.17, 15) is 9.59 Å². The van der Waals surface area contributed by atoms with Crippen LogP contribution in [-0.4, -0.2) is 25.9 Å². The van der Waals surface area contributed by atoms with Crippen LogP contribution in [0.2, 0.25) is 10.0 Å². The predicted molar refractivity (Wildman–Crippen MR) is 136 cm³/mol. The van der Waals surface area contributed by atoms with E-state index in [-0.39, 0.29) is 5.78 Å². The Morgan fingerprint density at radius 3 is 2.29 bits per heavy atom. The highest BCUT2D eigenvalue weighted by atomic mass is 35.5. The normalized spacial score (nSPS) is 25.9. The number of carbonyl (C=O) groups excluding carboxylic acids is 2. The molecule has 0 heterocycles. The minimum Gasteiger partial charge on any atom is -0.498 e. The van der Waals surface area contributed by atoms with Crippen LogP contribution in [0, 0.1) is 0 Å². The Balaban J connectivity index is 0.000000206. The second-order valence-corrected chi connectivity index (χ2v) is 9.16. The van der Waals surface area contributed by atoms with Gasteiger partial charge in [0, 0.05) is 26.1 Å². The molecule has 0 spiro atoms. The van der Waals surface area contributed by atoms with Crippen LogP contribution >= 0.6 is 23.2 Å². The zero-order valence-corrected chi connectivity index (χ0v) is 20.6. The molecule has 34 heavy (non-hydrogen) atoms. The second kappa shape index (κ2) is 11.8. The SMILES string of the molecule is COC1=CCCC[C@]1(N=C=O)c1ccccc1Cl.[2H]C([2H])([2H])N[C@]1(c2ccccc2Cl)CCCCC1=O. The average molecular weight is 504 g/mol. The largest absolute Gasteiger partial charge is 0.498 e. The fraction of sp³-hybridized carbons (Fsp3) is 0.407. The third kappa shape index (κ3) is 5.13. The molecule has 0 aliphatic heterocycles.